The van der Waals surface area contributed by atoms with Crippen LogP contribution in [0.3, 0.4) is 0 Å². The minimum atomic E-state index is 0.345. The Hall–Kier alpha value is -6.79. The fourth-order valence-electron chi connectivity index (χ4n) is 9.85. The topological polar surface area (TPSA) is 30.8 Å². The lowest BCUT2D eigenvalue weighted by molar-refractivity contribution is 0.354. The van der Waals surface area contributed by atoms with E-state index in [2.05, 4.69) is 235 Å². The SMILES string of the molecule is CC(C)c1cc(-c2ccccc2)cc(C(C)C)c1-n1c(CCCCCCc2ccc(N3C=CN(CCCCN4C=CN(c5ccccc5)C4)C3)cc2-c2ccccc2)cnc1-c1ccccc1. The van der Waals surface area contributed by atoms with Gasteiger partial charge in [-0.1, -0.05) is 156 Å². The molecule has 3 heterocycles. The van der Waals surface area contributed by atoms with Gasteiger partial charge in [0, 0.05) is 66.7 Å². The Morgan fingerprint density at radius 2 is 0.985 bits per heavy atom. The van der Waals surface area contributed by atoms with Gasteiger partial charge < -0.3 is 19.6 Å². The molecule has 0 spiro atoms. The van der Waals surface area contributed by atoms with Crippen LogP contribution < -0.4 is 9.80 Å². The summed E-state index contributed by atoms with van der Waals surface area (Å²) in [7, 11) is 0. The molecule has 0 amide bonds. The number of benzene rings is 6. The van der Waals surface area contributed by atoms with Gasteiger partial charge >= 0.3 is 0 Å². The summed E-state index contributed by atoms with van der Waals surface area (Å²) in [6, 6.07) is 55.2. The van der Waals surface area contributed by atoms with E-state index in [1.54, 1.807) is 0 Å². The van der Waals surface area contributed by atoms with Gasteiger partial charge in [0.05, 0.1) is 19.0 Å². The monoisotopic (exact) mass is 885 g/mol. The average molecular weight is 885 g/mol. The lowest BCUT2D eigenvalue weighted by atomic mass is 9.88. The number of para-hydroxylation sites is 1. The zero-order valence-corrected chi connectivity index (χ0v) is 40.1. The standard InChI is InChI=1S/C61H68N6/c1-47(2)57-41-53(49-23-12-7-13-24-49)42-58(48(3)4)60(57)67-56(44-62-61(67)52-28-16-9-17-29-52)32-18-6-5-11-27-51-33-34-55(43-59(51)50-25-14-8-15-26-50)66-40-38-64(46-66)36-22-21-35-63-37-39-65(45-63)54-30-19-10-20-31-54/h7-10,12-17,19-20,23-26,28-31,33-34,37-44,47-48H,5-6,11,18,21-22,27,32,35-36,45-46H2,1-4H3. The quantitative estimate of drug-likeness (QED) is 0.0712. The minimum absolute atomic E-state index is 0.345. The Morgan fingerprint density at radius 3 is 1.57 bits per heavy atom. The molecule has 342 valence electrons. The molecule has 6 heteroatoms. The molecule has 0 bridgehead atoms. The van der Waals surface area contributed by atoms with Crippen LogP contribution in [0.4, 0.5) is 11.4 Å². The molecule has 6 aromatic carbocycles. The Morgan fingerprint density at radius 1 is 0.463 bits per heavy atom. The molecule has 0 N–H and O–H groups in total. The molecule has 0 saturated heterocycles. The van der Waals surface area contributed by atoms with E-state index in [4.69, 9.17) is 4.98 Å². The number of aromatic nitrogens is 2. The number of anilines is 2. The van der Waals surface area contributed by atoms with Crippen molar-refractivity contribution >= 4 is 11.4 Å². The predicted octanol–water partition coefficient (Wildman–Crippen LogP) is 15.0. The summed E-state index contributed by atoms with van der Waals surface area (Å²) < 4.78 is 2.52. The molecule has 0 radical (unpaired) electrons. The Balaban J connectivity index is 0.828. The van der Waals surface area contributed by atoms with Crippen LogP contribution in [0.15, 0.2) is 183 Å². The maximum atomic E-state index is 5.17. The maximum absolute atomic E-state index is 5.17. The van der Waals surface area contributed by atoms with E-state index >= 15 is 0 Å². The Bertz CT molecular complexity index is 2690. The van der Waals surface area contributed by atoms with Crippen molar-refractivity contribution in [2.75, 3.05) is 36.2 Å². The molecule has 0 atom stereocenters. The van der Waals surface area contributed by atoms with Gasteiger partial charge in [0.2, 0.25) is 0 Å². The fourth-order valence-corrected chi connectivity index (χ4v) is 9.85. The van der Waals surface area contributed by atoms with Gasteiger partial charge in [0.25, 0.3) is 0 Å². The summed E-state index contributed by atoms with van der Waals surface area (Å²) in [5, 5.41) is 0. The number of hydrogen-bond acceptors (Lipinski definition) is 5. The lowest BCUT2D eigenvalue weighted by Gasteiger charge is -2.25. The zero-order valence-electron chi connectivity index (χ0n) is 40.1. The summed E-state index contributed by atoms with van der Waals surface area (Å²) in [5.41, 5.74) is 15.6. The van der Waals surface area contributed by atoms with Crippen LogP contribution in [0.5, 0.6) is 0 Å². The molecule has 7 aromatic rings. The van der Waals surface area contributed by atoms with Crippen LogP contribution in [0, 0.1) is 0 Å². The van der Waals surface area contributed by atoms with Crippen molar-refractivity contribution in [1.82, 2.24) is 19.4 Å². The first-order chi connectivity index (χ1) is 32.9. The molecule has 2 aliphatic rings. The van der Waals surface area contributed by atoms with Gasteiger partial charge in [0.1, 0.15) is 5.82 Å². The van der Waals surface area contributed by atoms with Gasteiger partial charge in [-0.3, -0.25) is 4.57 Å². The molecule has 0 fully saturated rings. The van der Waals surface area contributed by atoms with Crippen molar-refractivity contribution in [3.63, 3.8) is 0 Å². The Labute approximate surface area is 400 Å². The number of unbranched alkanes of at least 4 members (excludes halogenated alkanes) is 4. The predicted molar refractivity (Wildman–Crippen MR) is 282 cm³/mol. The summed E-state index contributed by atoms with van der Waals surface area (Å²) in [6.45, 7) is 13.3. The number of nitrogens with zero attached hydrogens (tertiary/aromatic N) is 6. The average Bonchev–Trinajstić information content (AvgIpc) is 4.16. The molecular formula is C61H68N6. The summed E-state index contributed by atoms with van der Waals surface area (Å²) in [6.07, 6.45) is 20.2. The molecule has 9 rings (SSSR count). The maximum Gasteiger partial charge on any atom is 0.144 e. The molecule has 0 unspecified atom stereocenters. The van der Waals surface area contributed by atoms with E-state index in [0.29, 0.717) is 11.8 Å². The van der Waals surface area contributed by atoms with Gasteiger partial charge in [-0.05, 0) is 126 Å². The third kappa shape index (κ3) is 10.9. The van der Waals surface area contributed by atoms with Crippen LogP contribution in [0.1, 0.15) is 100 Å². The smallest absolute Gasteiger partial charge is 0.144 e. The highest BCUT2D eigenvalue weighted by atomic mass is 15.3. The number of rotatable bonds is 20. The first-order valence-electron chi connectivity index (χ1n) is 24.9. The van der Waals surface area contributed by atoms with Crippen molar-refractivity contribution in [2.45, 2.75) is 90.9 Å². The number of imidazole rings is 1. The molecule has 2 aliphatic heterocycles. The number of aryl methyl sites for hydroxylation is 2. The van der Waals surface area contributed by atoms with Gasteiger partial charge in [-0.15, -0.1) is 0 Å². The summed E-state index contributed by atoms with van der Waals surface area (Å²) >= 11 is 0. The highest BCUT2D eigenvalue weighted by Gasteiger charge is 2.24. The third-order valence-corrected chi connectivity index (χ3v) is 13.6. The minimum Gasteiger partial charge on any atom is -0.358 e. The first kappa shape index (κ1) is 45.4. The van der Waals surface area contributed by atoms with E-state index < -0.39 is 0 Å². The highest BCUT2D eigenvalue weighted by Crippen LogP contribution is 2.39. The van der Waals surface area contributed by atoms with Crippen molar-refractivity contribution in [2.24, 2.45) is 0 Å². The highest BCUT2D eigenvalue weighted by molar-refractivity contribution is 5.74. The molecule has 67 heavy (non-hydrogen) atoms. The van der Waals surface area contributed by atoms with Crippen molar-refractivity contribution < 1.29 is 0 Å². The normalized spacial score (nSPS) is 13.6. The second-order valence-corrected chi connectivity index (χ2v) is 19.1. The molecule has 0 saturated carbocycles. The fraction of sp³-hybridized carbons (Fsp3) is 0.295. The van der Waals surface area contributed by atoms with Crippen LogP contribution in [0.2, 0.25) is 0 Å². The number of hydrogen-bond donors (Lipinski definition) is 0. The summed E-state index contributed by atoms with van der Waals surface area (Å²) in [5.74, 6) is 1.72. The van der Waals surface area contributed by atoms with Crippen molar-refractivity contribution in [3.05, 3.63) is 205 Å². The third-order valence-electron chi connectivity index (χ3n) is 13.6. The second kappa shape index (κ2) is 21.7. The molecule has 1 aromatic heterocycles. The van der Waals surface area contributed by atoms with E-state index in [-0.39, 0.29) is 0 Å². The Kier molecular flexibility index (Phi) is 14.7. The van der Waals surface area contributed by atoms with Crippen LogP contribution in [-0.4, -0.2) is 45.8 Å². The van der Waals surface area contributed by atoms with Crippen molar-refractivity contribution in [3.8, 4) is 39.3 Å². The van der Waals surface area contributed by atoms with E-state index in [0.717, 1.165) is 57.1 Å². The largest absolute Gasteiger partial charge is 0.358 e. The van der Waals surface area contributed by atoms with Gasteiger partial charge in [0.15, 0.2) is 0 Å². The van der Waals surface area contributed by atoms with Crippen LogP contribution in [-0.2, 0) is 12.8 Å². The first-order valence-corrected chi connectivity index (χ1v) is 24.9. The summed E-state index contributed by atoms with van der Waals surface area (Å²) in [4.78, 5) is 14.8. The van der Waals surface area contributed by atoms with Gasteiger partial charge in [-0.2, -0.15) is 0 Å². The zero-order chi connectivity index (χ0) is 46.0. The molecule has 0 aliphatic carbocycles. The van der Waals surface area contributed by atoms with Gasteiger partial charge in [-0.25, -0.2) is 4.98 Å². The van der Waals surface area contributed by atoms with Crippen LogP contribution in [0.25, 0.3) is 39.3 Å². The lowest BCUT2D eigenvalue weighted by Crippen LogP contribution is -2.28. The van der Waals surface area contributed by atoms with Crippen molar-refractivity contribution in [1.29, 1.82) is 0 Å². The molecular weight excluding hydrogens is 817 g/mol. The molecule has 6 nitrogen and oxygen atoms in total. The van der Waals surface area contributed by atoms with Crippen LogP contribution >= 0.6 is 0 Å². The van der Waals surface area contributed by atoms with E-state index in [1.807, 2.05) is 0 Å². The second-order valence-electron chi connectivity index (χ2n) is 19.1. The van der Waals surface area contributed by atoms with E-state index in [9.17, 15) is 0 Å². The van der Waals surface area contributed by atoms with E-state index in [1.165, 1.54) is 93.8 Å².